The van der Waals surface area contributed by atoms with Crippen molar-refractivity contribution in [1.82, 2.24) is 4.90 Å². The second-order valence-corrected chi connectivity index (χ2v) is 9.12. The fourth-order valence-electron chi connectivity index (χ4n) is 2.95. The number of carbonyl (C=O) groups excluding carboxylic acids is 2. The molecule has 0 saturated heterocycles. The number of nitrogens with two attached hydrogens (primary N) is 4. The normalized spacial score (nSPS) is 13.9. The van der Waals surface area contributed by atoms with E-state index in [1.807, 2.05) is 0 Å². The molecule has 0 spiro atoms. The molecule has 31 heavy (non-hydrogen) atoms. The minimum atomic E-state index is -4.88. The average Bonchev–Trinajstić information content (AvgIpc) is 2.68. The van der Waals surface area contributed by atoms with Crippen molar-refractivity contribution >= 4 is 48.5 Å². The van der Waals surface area contributed by atoms with Crippen LogP contribution in [0.5, 0.6) is 0 Å². The van der Waals surface area contributed by atoms with Crippen LogP contribution in [0.1, 0.15) is 20.7 Å². The molecule has 1 aliphatic rings. The van der Waals surface area contributed by atoms with E-state index in [-0.39, 0.29) is 35.0 Å². The standard InChI is InChI=1S/C14H13N3O8S2.C2H8N2/c15-1-2-17-13(18)8-4-6(26(20,21)22)3-7-11(8)9(14(17)19)5-10(12(7)16)27(23,24)25;3-1-2-4/h3-5H,1-2,15-16H2,(H,20,21,22)(H,23,24,25);1-4H2. The van der Waals surface area contributed by atoms with Crippen molar-refractivity contribution < 1.29 is 35.5 Å². The van der Waals surface area contributed by atoms with E-state index in [0.717, 1.165) is 18.2 Å². The van der Waals surface area contributed by atoms with Gasteiger partial charge in [-0.1, -0.05) is 0 Å². The van der Waals surface area contributed by atoms with E-state index >= 15 is 0 Å². The van der Waals surface area contributed by atoms with Gasteiger partial charge in [0.05, 0.1) is 21.7 Å². The van der Waals surface area contributed by atoms with Gasteiger partial charge in [-0.05, 0) is 18.2 Å². The number of anilines is 1. The maximum absolute atomic E-state index is 12.6. The lowest BCUT2D eigenvalue weighted by atomic mass is 9.93. The van der Waals surface area contributed by atoms with E-state index in [0.29, 0.717) is 18.0 Å². The van der Waals surface area contributed by atoms with Gasteiger partial charge in [0.1, 0.15) is 4.90 Å². The number of imide groups is 1. The molecule has 0 bridgehead atoms. The summed E-state index contributed by atoms with van der Waals surface area (Å²) in [6.45, 7) is 0.869. The molecule has 3 rings (SSSR count). The van der Waals surface area contributed by atoms with Crippen LogP contribution in [0.4, 0.5) is 5.69 Å². The Bertz CT molecular complexity index is 1250. The van der Waals surface area contributed by atoms with Crippen LogP contribution in [0, 0.1) is 0 Å². The lowest BCUT2D eigenvalue weighted by molar-refractivity contribution is 0.0615. The number of rotatable bonds is 5. The zero-order valence-corrected chi connectivity index (χ0v) is 17.6. The van der Waals surface area contributed by atoms with E-state index in [2.05, 4.69) is 0 Å². The maximum Gasteiger partial charge on any atom is 0.296 e. The molecule has 0 atom stereocenters. The van der Waals surface area contributed by atoms with Crippen LogP contribution in [0.25, 0.3) is 10.8 Å². The summed E-state index contributed by atoms with van der Waals surface area (Å²) in [7, 11) is -9.67. The van der Waals surface area contributed by atoms with Crippen LogP contribution >= 0.6 is 0 Å². The molecule has 2 aromatic rings. The van der Waals surface area contributed by atoms with Crippen LogP contribution in [0.2, 0.25) is 0 Å². The Morgan fingerprint density at radius 2 is 1.32 bits per heavy atom. The van der Waals surface area contributed by atoms with Crippen molar-refractivity contribution in [2.75, 3.05) is 31.9 Å². The first-order valence-corrected chi connectivity index (χ1v) is 11.5. The second-order valence-electron chi connectivity index (χ2n) is 6.31. The quantitative estimate of drug-likeness (QED) is 0.162. The Labute approximate surface area is 177 Å². The summed E-state index contributed by atoms with van der Waals surface area (Å²) in [6.07, 6.45) is 0. The number of hydrogen-bond acceptors (Lipinski definition) is 10. The highest BCUT2D eigenvalue weighted by molar-refractivity contribution is 7.86. The van der Waals surface area contributed by atoms with E-state index < -0.39 is 47.5 Å². The van der Waals surface area contributed by atoms with Gasteiger partial charge in [0.2, 0.25) is 0 Å². The van der Waals surface area contributed by atoms with Gasteiger partial charge in [0, 0.05) is 37.0 Å². The molecule has 1 heterocycles. The molecule has 0 saturated carbocycles. The largest absolute Gasteiger partial charge is 0.397 e. The third kappa shape index (κ3) is 4.67. The molecule has 0 radical (unpaired) electrons. The van der Waals surface area contributed by atoms with Gasteiger partial charge < -0.3 is 22.9 Å². The molecule has 0 aliphatic carbocycles. The number of nitrogen functional groups attached to an aromatic ring is 1. The van der Waals surface area contributed by atoms with Gasteiger partial charge in [-0.2, -0.15) is 16.8 Å². The van der Waals surface area contributed by atoms with Gasteiger partial charge in [-0.15, -0.1) is 0 Å². The summed E-state index contributed by atoms with van der Waals surface area (Å²) in [6, 6.07) is 2.48. The van der Waals surface area contributed by atoms with Crippen LogP contribution in [0.15, 0.2) is 28.0 Å². The highest BCUT2D eigenvalue weighted by Crippen LogP contribution is 2.38. The summed E-state index contributed by atoms with van der Waals surface area (Å²) < 4.78 is 65.1. The predicted octanol–water partition coefficient (Wildman–Crippen LogP) is -1.63. The summed E-state index contributed by atoms with van der Waals surface area (Å²) >= 11 is 0. The van der Waals surface area contributed by atoms with Gasteiger partial charge in [0.15, 0.2) is 0 Å². The number of carbonyl (C=O) groups is 2. The van der Waals surface area contributed by atoms with Crippen molar-refractivity contribution in [3.63, 3.8) is 0 Å². The zero-order chi connectivity index (χ0) is 23.7. The molecule has 13 nitrogen and oxygen atoms in total. The van der Waals surface area contributed by atoms with Crippen molar-refractivity contribution in [2.45, 2.75) is 9.79 Å². The molecule has 1 aliphatic heterocycles. The number of benzene rings is 2. The predicted molar refractivity (Wildman–Crippen MR) is 111 cm³/mol. The highest BCUT2D eigenvalue weighted by Gasteiger charge is 2.36. The molecule has 170 valence electrons. The van der Waals surface area contributed by atoms with Crippen molar-refractivity contribution in [1.29, 1.82) is 0 Å². The molecule has 10 N–H and O–H groups in total. The fourth-order valence-corrected chi connectivity index (χ4v) is 4.14. The lowest BCUT2D eigenvalue weighted by Crippen LogP contribution is -2.43. The van der Waals surface area contributed by atoms with Crippen LogP contribution in [-0.2, 0) is 20.2 Å². The Hall–Kier alpha value is -2.66. The minimum Gasteiger partial charge on any atom is -0.397 e. The molecule has 0 aromatic heterocycles. The first-order valence-electron chi connectivity index (χ1n) is 8.61. The van der Waals surface area contributed by atoms with Gasteiger partial charge in [-0.3, -0.25) is 23.6 Å². The molecule has 2 amide bonds. The van der Waals surface area contributed by atoms with Crippen LogP contribution in [-0.4, -0.2) is 68.8 Å². The van der Waals surface area contributed by atoms with Gasteiger partial charge >= 0.3 is 0 Å². The topological polar surface area (TPSA) is 250 Å². The fraction of sp³-hybridized carbons (Fsp3) is 0.250. The monoisotopic (exact) mass is 475 g/mol. The van der Waals surface area contributed by atoms with Crippen LogP contribution in [0.3, 0.4) is 0 Å². The molecule has 2 aromatic carbocycles. The van der Waals surface area contributed by atoms with Crippen molar-refractivity contribution in [3.05, 3.63) is 29.3 Å². The average molecular weight is 476 g/mol. The highest BCUT2D eigenvalue weighted by atomic mass is 32.2. The summed E-state index contributed by atoms with van der Waals surface area (Å²) in [5.41, 5.74) is 19.8. The van der Waals surface area contributed by atoms with E-state index in [1.165, 1.54) is 0 Å². The lowest BCUT2D eigenvalue weighted by Gasteiger charge is -2.28. The Kier molecular flexibility index (Phi) is 7.01. The molecular formula is C16H21N5O8S2. The van der Waals surface area contributed by atoms with E-state index in [1.54, 1.807) is 0 Å². The molecule has 15 heteroatoms. The third-order valence-corrected chi connectivity index (χ3v) is 5.98. The first kappa shape index (κ1) is 24.6. The smallest absolute Gasteiger partial charge is 0.296 e. The molecule has 0 unspecified atom stereocenters. The molecular weight excluding hydrogens is 454 g/mol. The summed E-state index contributed by atoms with van der Waals surface area (Å²) in [5, 5.41) is -0.380. The number of amides is 2. The summed E-state index contributed by atoms with van der Waals surface area (Å²) in [5.74, 6) is -1.76. The SMILES string of the molecule is NCCN.NCCN1C(=O)c2cc(S(=O)(=O)O)cc3c(N)c(S(=O)(=O)O)cc(c23)C1=O. The second kappa shape index (κ2) is 8.83. The minimum absolute atomic E-state index is 0.0874. The summed E-state index contributed by atoms with van der Waals surface area (Å²) in [4.78, 5) is 24.4. The third-order valence-electron chi connectivity index (χ3n) is 4.26. The van der Waals surface area contributed by atoms with Gasteiger partial charge in [-0.25, -0.2) is 0 Å². The van der Waals surface area contributed by atoms with Crippen LogP contribution < -0.4 is 22.9 Å². The zero-order valence-electron chi connectivity index (χ0n) is 16.0. The number of nitrogens with zero attached hydrogens (tertiary/aromatic N) is 1. The number of hydrogen-bond donors (Lipinski definition) is 6. The Morgan fingerprint density at radius 3 is 1.74 bits per heavy atom. The van der Waals surface area contributed by atoms with Crippen molar-refractivity contribution in [2.24, 2.45) is 17.2 Å². The maximum atomic E-state index is 12.6. The Morgan fingerprint density at radius 1 is 0.806 bits per heavy atom. The van der Waals surface area contributed by atoms with Gasteiger partial charge in [0.25, 0.3) is 32.1 Å². The van der Waals surface area contributed by atoms with E-state index in [4.69, 9.17) is 22.9 Å². The van der Waals surface area contributed by atoms with Crippen molar-refractivity contribution in [3.8, 4) is 0 Å². The first-order chi connectivity index (χ1) is 14.3. The Balaban J connectivity index is 0.000000785. The van der Waals surface area contributed by atoms with E-state index in [9.17, 15) is 35.5 Å². The molecule has 0 fully saturated rings.